The third kappa shape index (κ3) is 2.91. The highest BCUT2D eigenvalue weighted by molar-refractivity contribution is 5.67. The van der Waals surface area contributed by atoms with E-state index in [0.717, 1.165) is 30.0 Å². The molecular formula is C16H19N3O2. The molecule has 5 heteroatoms. The number of aryl methyl sites for hydroxylation is 1. The fourth-order valence-corrected chi connectivity index (χ4v) is 2.60. The van der Waals surface area contributed by atoms with Gasteiger partial charge in [0.05, 0.1) is 18.4 Å². The van der Waals surface area contributed by atoms with Gasteiger partial charge >= 0.3 is 6.09 Å². The largest absolute Gasteiger partial charge is 0.445 e. The molecule has 0 unspecified atom stereocenters. The zero-order valence-corrected chi connectivity index (χ0v) is 12.2. The predicted octanol–water partition coefficient (Wildman–Crippen LogP) is 2.60. The summed E-state index contributed by atoms with van der Waals surface area (Å²) >= 11 is 0. The first kappa shape index (κ1) is 13.7. The maximum Gasteiger partial charge on any atom is 0.410 e. The highest BCUT2D eigenvalue weighted by Gasteiger charge is 2.23. The molecule has 1 aliphatic heterocycles. The molecule has 3 rings (SSSR count). The van der Waals surface area contributed by atoms with Crippen molar-refractivity contribution in [1.82, 2.24) is 14.5 Å². The Morgan fingerprint density at radius 3 is 2.86 bits per heavy atom. The molecule has 1 amide bonds. The van der Waals surface area contributed by atoms with Crippen LogP contribution >= 0.6 is 0 Å². The van der Waals surface area contributed by atoms with E-state index < -0.39 is 0 Å². The van der Waals surface area contributed by atoms with Crippen LogP contribution in [-0.4, -0.2) is 27.1 Å². The van der Waals surface area contributed by atoms with E-state index in [0.29, 0.717) is 19.7 Å². The van der Waals surface area contributed by atoms with E-state index >= 15 is 0 Å². The van der Waals surface area contributed by atoms with Crippen LogP contribution in [0.5, 0.6) is 0 Å². The SMILES string of the molecule is CCc1ncc2n1CCN(C(=O)OCc1ccccc1)C2. The average Bonchev–Trinajstić information content (AvgIpc) is 2.95. The van der Waals surface area contributed by atoms with Gasteiger partial charge in [0.1, 0.15) is 12.4 Å². The zero-order chi connectivity index (χ0) is 14.7. The molecule has 0 saturated heterocycles. The lowest BCUT2D eigenvalue weighted by atomic mass is 10.2. The quantitative estimate of drug-likeness (QED) is 0.871. The number of amides is 1. The maximum atomic E-state index is 12.1. The molecular weight excluding hydrogens is 266 g/mol. The van der Waals surface area contributed by atoms with Crippen molar-refractivity contribution in [2.45, 2.75) is 33.0 Å². The van der Waals surface area contributed by atoms with E-state index in [4.69, 9.17) is 4.74 Å². The fraction of sp³-hybridized carbons (Fsp3) is 0.375. The van der Waals surface area contributed by atoms with Crippen molar-refractivity contribution in [3.8, 4) is 0 Å². The van der Waals surface area contributed by atoms with Gasteiger partial charge in [-0.15, -0.1) is 0 Å². The molecule has 0 N–H and O–H groups in total. The summed E-state index contributed by atoms with van der Waals surface area (Å²) in [6.45, 7) is 4.44. The highest BCUT2D eigenvalue weighted by Crippen LogP contribution is 2.16. The van der Waals surface area contributed by atoms with Gasteiger partial charge in [-0.2, -0.15) is 0 Å². The molecule has 0 saturated carbocycles. The second-order valence-corrected chi connectivity index (χ2v) is 5.13. The second kappa shape index (κ2) is 5.99. The van der Waals surface area contributed by atoms with Crippen LogP contribution in [-0.2, 0) is 30.9 Å². The van der Waals surface area contributed by atoms with Crippen molar-refractivity contribution in [3.63, 3.8) is 0 Å². The van der Waals surface area contributed by atoms with Crippen LogP contribution in [0.1, 0.15) is 24.0 Å². The first-order chi connectivity index (χ1) is 10.3. The third-order valence-electron chi connectivity index (χ3n) is 3.75. The summed E-state index contributed by atoms with van der Waals surface area (Å²) in [7, 11) is 0. The summed E-state index contributed by atoms with van der Waals surface area (Å²) in [5, 5.41) is 0. The number of ether oxygens (including phenoxy) is 1. The Balaban J connectivity index is 1.59. The van der Waals surface area contributed by atoms with Gasteiger partial charge in [0.25, 0.3) is 0 Å². The Labute approximate surface area is 124 Å². The number of nitrogens with zero attached hydrogens (tertiary/aromatic N) is 3. The smallest absolute Gasteiger partial charge is 0.410 e. The molecule has 1 aliphatic rings. The van der Waals surface area contributed by atoms with Crippen molar-refractivity contribution in [2.75, 3.05) is 6.54 Å². The number of hydrogen-bond donors (Lipinski definition) is 0. The second-order valence-electron chi connectivity index (χ2n) is 5.13. The van der Waals surface area contributed by atoms with Crippen LogP contribution < -0.4 is 0 Å². The number of aromatic nitrogens is 2. The minimum atomic E-state index is -0.260. The van der Waals surface area contributed by atoms with Gasteiger partial charge in [0.2, 0.25) is 0 Å². The lowest BCUT2D eigenvalue weighted by molar-refractivity contribution is 0.0867. The Hall–Kier alpha value is -2.30. The topological polar surface area (TPSA) is 47.4 Å². The Bertz CT molecular complexity index is 622. The minimum Gasteiger partial charge on any atom is -0.445 e. The van der Waals surface area contributed by atoms with Gasteiger partial charge in [-0.1, -0.05) is 37.3 Å². The molecule has 110 valence electrons. The van der Waals surface area contributed by atoms with Gasteiger partial charge in [-0.3, -0.25) is 0 Å². The van der Waals surface area contributed by atoms with E-state index in [-0.39, 0.29) is 6.09 Å². The van der Waals surface area contributed by atoms with Crippen LogP contribution in [0.15, 0.2) is 36.5 Å². The molecule has 0 atom stereocenters. The van der Waals surface area contributed by atoms with Crippen LogP contribution in [0.4, 0.5) is 4.79 Å². The molecule has 1 aromatic heterocycles. The van der Waals surface area contributed by atoms with E-state index in [9.17, 15) is 4.79 Å². The number of carbonyl (C=O) groups excluding carboxylic acids is 1. The Morgan fingerprint density at radius 1 is 1.29 bits per heavy atom. The number of benzene rings is 1. The summed E-state index contributed by atoms with van der Waals surface area (Å²) in [6.07, 6.45) is 2.51. The Kier molecular flexibility index (Phi) is 3.90. The summed E-state index contributed by atoms with van der Waals surface area (Å²) in [5.74, 6) is 1.09. The normalized spacial score (nSPS) is 13.9. The molecule has 5 nitrogen and oxygen atoms in total. The van der Waals surface area contributed by atoms with Crippen molar-refractivity contribution >= 4 is 6.09 Å². The number of rotatable bonds is 3. The summed E-state index contributed by atoms with van der Waals surface area (Å²) in [4.78, 5) is 18.3. The van der Waals surface area contributed by atoms with Crippen molar-refractivity contribution < 1.29 is 9.53 Å². The first-order valence-electron chi connectivity index (χ1n) is 7.27. The van der Waals surface area contributed by atoms with E-state index in [1.54, 1.807) is 4.90 Å². The highest BCUT2D eigenvalue weighted by atomic mass is 16.6. The van der Waals surface area contributed by atoms with Gasteiger partial charge < -0.3 is 14.2 Å². The van der Waals surface area contributed by atoms with Crippen LogP contribution in [0.3, 0.4) is 0 Å². The number of carbonyl (C=O) groups is 1. The maximum absolute atomic E-state index is 12.1. The van der Waals surface area contributed by atoms with Gasteiger partial charge in [0.15, 0.2) is 0 Å². The molecule has 1 aromatic carbocycles. The third-order valence-corrected chi connectivity index (χ3v) is 3.75. The summed E-state index contributed by atoms with van der Waals surface area (Å²) in [6, 6.07) is 9.73. The molecule has 2 aromatic rings. The number of imidazole rings is 1. The van der Waals surface area contributed by atoms with Gasteiger partial charge in [-0.05, 0) is 5.56 Å². The van der Waals surface area contributed by atoms with Gasteiger partial charge in [0, 0.05) is 19.5 Å². The van der Waals surface area contributed by atoms with Gasteiger partial charge in [-0.25, -0.2) is 9.78 Å². The average molecular weight is 285 g/mol. The van der Waals surface area contributed by atoms with Crippen LogP contribution in [0.25, 0.3) is 0 Å². The van der Waals surface area contributed by atoms with E-state index in [2.05, 4.69) is 16.5 Å². The molecule has 0 fully saturated rings. The summed E-state index contributed by atoms with van der Waals surface area (Å²) < 4.78 is 7.57. The molecule has 21 heavy (non-hydrogen) atoms. The fourth-order valence-electron chi connectivity index (χ4n) is 2.60. The monoisotopic (exact) mass is 285 g/mol. The van der Waals surface area contributed by atoms with E-state index in [1.165, 1.54) is 0 Å². The lowest BCUT2D eigenvalue weighted by Crippen LogP contribution is -2.38. The van der Waals surface area contributed by atoms with Crippen molar-refractivity contribution in [1.29, 1.82) is 0 Å². The Morgan fingerprint density at radius 2 is 2.10 bits per heavy atom. The molecule has 0 spiro atoms. The lowest BCUT2D eigenvalue weighted by Gasteiger charge is -2.28. The molecule has 2 heterocycles. The standard InChI is InChI=1S/C16H19N3O2/c1-2-15-17-10-14-11-18(8-9-19(14)15)16(20)21-12-13-6-4-3-5-7-13/h3-7,10H,2,8-9,11-12H2,1H3. The van der Waals surface area contributed by atoms with Crippen molar-refractivity contribution in [2.24, 2.45) is 0 Å². The first-order valence-corrected chi connectivity index (χ1v) is 7.27. The predicted molar refractivity (Wildman–Crippen MR) is 78.6 cm³/mol. The summed E-state index contributed by atoms with van der Waals surface area (Å²) in [5.41, 5.74) is 2.08. The number of hydrogen-bond acceptors (Lipinski definition) is 3. The van der Waals surface area contributed by atoms with E-state index in [1.807, 2.05) is 36.5 Å². The van der Waals surface area contributed by atoms with Crippen LogP contribution in [0, 0.1) is 0 Å². The molecule has 0 aliphatic carbocycles. The minimum absolute atomic E-state index is 0.260. The zero-order valence-electron chi connectivity index (χ0n) is 12.2. The van der Waals surface area contributed by atoms with Crippen molar-refractivity contribution in [3.05, 3.63) is 53.6 Å². The molecule has 0 bridgehead atoms. The van der Waals surface area contributed by atoms with Crippen LogP contribution in [0.2, 0.25) is 0 Å². The molecule has 0 radical (unpaired) electrons. The number of fused-ring (bicyclic) bond motifs is 1.